The first-order chi connectivity index (χ1) is 21.2. The largest absolute Gasteiger partial charge is 0.493 e. The molecule has 7 nitrogen and oxygen atoms in total. The number of hydrogen-bond donors (Lipinski definition) is 2. The minimum Gasteiger partial charge on any atom is -0.493 e. The van der Waals surface area contributed by atoms with Gasteiger partial charge in [0.25, 0.3) is 0 Å². The van der Waals surface area contributed by atoms with Crippen molar-refractivity contribution in [2.75, 3.05) is 33.0 Å². The lowest BCUT2D eigenvalue weighted by Gasteiger charge is -2.22. The highest BCUT2D eigenvalue weighted by molar-refractivity contribution is 5.87. The van der Waals surface area contributed by atoms with Gasteiger partial charge < -0.3 is 24.4 Å². The molecular formula is C37H50O7. The fourth-order valence-electron chi connectivity index (χ4n) is 5.53. The molecule has 0 saturated heterocycles. The molecule has 0 atom stereocenters. The van der Waals surface area contributed by atoms with Crippen molar-refractivity contribution in [1.29, 1.82) is 0 Å². The lowest BCUT2D eigenvalue weighted by molar-refractivity contribution is -0.139. The Morgan fingerprint density at radius 2 is 1.32 bits per heavy atom. The van der Waals surface area contributed by atoms with Crippen LogP contribution in [0.1, 0.15) is 87.8 Å². The van der Waals surface area contributed by atoms with E-state index in [2.05, 4.69) is 49.6 Å². The second-order valence-corrected chi connectivity index (χ2v) is 12.0. The summed E-state index contributed by atoms with van der Waals surface area (Å²) in [6.45, 7) is 11.2. The average molecular weight is 607 g/mol. The van der Waals surface area contributed by atoms with E-state index in [4.69, 9.17) is 14.2 Å². The zero-order valence-electron chi connectivity index (χ0n) is 26.6. The summed E-state index contributed by atoms with van der Waals surface area (Å²) >= 11 is 0. The van der Waals surface area contributed by atoms with E-state index in [0.717, 1.165) is 28.0 Å². The van der Waals surface area contributed by atoms with Gasteiger partial charge in [-0.2, -0.15) is 0 Å². The fourth-order valence-corrected chi connectivity index (χ4v) is 5.53. The van der Waals surface area contributed by atoms with Crippen molar-refractivity contribution >= 4 is 11.9 Å². The highest BCUT2D eigenvalue weighted by Gasteiger charge is 2.18. The topological polar surface area (TPSA) is 102 Å². The monoisotopic (exact) mass is 606 g/mol. The van der Waals surface area contributed by atoms with Crippen LogP contribution in [0.2, 0.25) is 0 Å². The molecule has 1 fully saturated rings. The molecule has 0 heterocycles. The summed E-state index contributed by atoms with van der Waals surface area (Å²) in [6.07, 6.45) is 9.36. The molecule has 0 spiro atoms. The Bertz CT molecular complexity index is 1180. The van der Waals surface area contributed by atoms with Crippen molar-refractivity contribution in [3.63, 3.8) is 0 Å². The Morgan fingerprint density at radius 1 is 0.795 bits per heavy atom. The number of aliphatic hydroxyl groups excluding tert-OH is 2. The summed E-state index contributed by atoms with van der Waals surface area (Å²) in [7, 11) is 0. The van der Waals surface area contributed by atoms with Gasteiger partial charge >= 0.3 is 11.9 Å². The SMILES string of the molecule is C=C(C)C(=O)OCCCc1cc(-c2ccc(C3CCCCC3)cc2)cc(CCCOC(=O)C(=C)C)c1OCCC(CO)CO. The first-order valence-corrected chi connectivity index (χ1v) is 16.0. The second kappa shape index (κ2) is 18.4. The number of benzene rings is 2. The molecule has 0 aliphatic heterocycles. The lowest BCUT2D eigenvalue weighted by atomic mass is 9.83. The molecule has 1 saturated carbocycles. The van der Waals surface area contributed by atoms with Gasteiger partial charge in [0.15, 0.2) is 0 Å². The molecule has 7 heteroatoms. The van der Waals surface area contributed by atoms with Crippen molar-refractivity contribution < 1.29 is 34.0 Å². The summed E-state index contributed by atoms with van der Waals surface area (Å²) in [6, 6.07) is 13.2. The minimum atomic E-state index is -0.405. The summed E-state index contributed by atoms with van der Waals surface area (Å²) in [5.41, 5.74) is 6.29. The van der Waals surface area contributed by atoms with Gasteiger partial charge in [0, 0.05) is 30.3 Å². The molecular weight excluding hydrogens is 556 g/mol. The Hall–Kier alpha value is -3.42. The Kier molecular flexibility index (Phi) is 14.7. The van der Waals surface area contributed by atoms with E-state index in [0.29, 0.717) is 55.8 Å². The van der Waals surface area contributed by atoms with Crippen molar-refractivity contribution in [2.45, 2.75) is 84.0 Å². The average Bonchev–Trinajstić information content (AvgIpc) is 3.04. The normalized spacial score (nSPS) is 13.5. The number of esters is 2. The van der Waals surface area contributed by atoms with Crippen LogP contribution in [-0.4, -0.2) is 55.2 Å². The third kappa shape index (κ3) is 10.9. The maximum atomic E-state index is 11.9. The van der Waals surface area contributed by atoms with Crippen LogP contribution >= 0.6 is 0 Å². The van der Waals surface area contributed by atoms with Gasteiger partial charge in [-0.15, -0.1) is 0 Å². The molecule has 0 radical (unpaired) electrons. The molecule has 0 amide bonds. The van der Waals surface area contributed by atoms with Crippen molar-refractivity contribution in [1.82, 2.24) is 0 Å². The van der Waals surface area contributed by atoms with Crippen LogP contribution in [0.3, 0.4) is 0 Å². The first-order valence-electron chi connectivity index (χ1n) is 16.0. The van der Waals surface area contributed by atoms with Gasteiger partial charge in [0.2, 0.25) is 0 Å². The Morgan fingerprint density at radius 3 is 1.80 bits per heavy atom. The van der Waals surface area contributed by atoms with E-state index in [1.807, 2.05) is 0 Å². The van der Waals surface area contributed by atoms with Crippen LogP contribution in [0, 0.1) is 5.92 Å². The lowest BCUT2D eigenvalue weighted by Crippen LogP contribution is -2.16. The molecule has 240 valence electrons. The Balaban J connectivity index is 1.90. The van der Waals surface area contributed by atoms with Gasteiger partial charge in [-0.25, -0.2) is 9.59 Å². The minimum absolute atomic E-state index is 0.114. The quantitative estimate of drug-likeness (QED) is 0.108. The highest BCUT2D eigenvalue weighted by atomic mass is 16.5. The summed E-state index contributed by atoms with van der Waals surface area (Å²) in [5.74, 6) is 0.312. The van der Waals surface area contributed by atoms with Gasteiger partial charge in [0.1, 0.15) is 5.75 Å². The van der Waals surface area contributed by atoms with E-state index in [1.165, 1.54) is 37.7 Å². The summed E-state index contributed by atoms with van der Waals surface area (Å²) < 4.78 is 17.1. The van der Waals surface area contributed by atoms with Gasteiger partial charge in [0.05, 0.1) is 19.8 Å². The molecule has 2 aromatic carbocycles. The number of rotatable bonds is 18. The molecule has 2 aromatic rings. The van der Waals surface area contributed by atoms with Crippen molar-refractivity contribution in [3.8, 4) is 16.9 Å². The van der Waals surface area contributed by atoms with Crippen molar-refractivity contribution in [2.24, 2.45) is 5.92 Å². The van der Waals surface area contributed by atoms with Crippen LogP contribution in [-0.2, 0) is 31.9 Å². The van der Waals surface area contributed by atoms with Crippen LogP contribution in [0.15, 0.2) is 60.7 Å². The van der Waals surface area contributed by atoms with Gasteiger partial charge in [-0.1, -0.05) is 56.7 Å². The van der Waals surface area contributed by atoms with E-state index >= 15 is 0 Å². The standard InChI is InChI=1S/C37H50O7/c1-26(2)36(40)43-19-8-12-32-22-34(31-16-14-30(15-17-31)29-10-6-5-7-11-29)23-33(13-9-20-44-37(41)27(3)4)35(32)42-21-18-28(24-38)25-39/h14-17,22-23,28-29,38-39H,1,3,5-13,18-21,24-25H2,2,4H3. The van der Waals surface area contributed by atoms with E-state index in [1.54, 1.807) is 13.8 Å². The predicted octanol–water partition coefficient (Wildman–Crippen LogP) is 6.87. The van der Waals surface area contributed by atoms with Crippen molar-refractivity contribution in [3.05, 3.63) is 77.4 Å². The van der Waals surface area contributed by atoms with E-state index in [9.17, 15) is 19.8 Å². The molecule has 2 N–H and O–H groups in total. The smallest absolute Gasteiger partial charge is 0.333 e. The third-order valence-electron chi connectivity index (χ3n) is 8.20. The molecule has 0 bridgehead atoms. The fraction of sp³-hybridized carbons (Fsp3) is 0.514. The molecule has 44 heavy (non-hydrogen) atoms. The zero-order valence-corrected chi connectivity index (χ0v) is 26.6. The maximum Gasteiger partial charge on any atom is 0.333 e. The maximum absolute atomic E-state index is 11.9. The van der Waals surface area contributed by atoms with E-state index in [-0.39, 0.29) is 32.3 Å². The van der Waals surface area contributed by atoms with E-state index < -0.39 is 11.9 Å². The van der Waals surface area contributed by atoms with Crippen LogP contribution < -0.4 is 4.74 Å². The number of aliphatic hydroxyl groups is 2. The zero-order chi connectivity index (χ0) is 31.9. The number of carbonyl (C=O) groups excluding carboxylic acids is 2. The summed E-state index contributed by atoms with van der Waals surface area (Å²) in [5, 5.41) is 19.1. The molecule has 0 unspecified atom stereocenters. The molecule has 1 aliphatic carbocycles. The molecule has 3 rings (SSSR count). The Labute approximate surface area is 262 Å². The number of hydrogen-bond acceptors (Lipinski definition) is 7. The first kappa shape index (κ1) is 35.1. The van der Waals surface area contributed by atoms with Gasteiger partial charge in [-0.3, -0.25) is 0 Å². The predicted molar refractivity (Wildman–Crippen MR) is 174 cm³/mol. The molecule has 1 aliphatic rings. The van der Waals surface area contributed by atoms with Crippen LogP contribution in [0.25, 0.3) is 11.1 Å². The number of aryl methyl sites for hydroxylation is 2. The number of ether oxygens (including phenoxy) is 3. The third-order valence-corrected chi connectivity index (χ3v) is 8.20. The summed E-state index contributed by atoms with van der Waals surface area (Å²) in [4.78, 5) is 23.9. The number of carbonyl (C=O) groups is 2. The van der Waals surface area contributed by atoms with Gasteiger partial charge in [-0.05, 0) is 105 Å². The van der Waals surface area contributed by atoms with Crippen LogP contribution in [0.4, 0.5) is 0 Å². The molecule has 0 aromatic heterocycles. The van der Waals surface area contributed by atoms with Crippen LogP contribution in [0.5, 0.6) is 5.75 Å². The second-order valence-electron chi connectivity index (χ2n) is 12.0. The highest BCUT2D eigenvalue weighted by Crippen LogP contribution is 2.36.